The molecule has 28 heavy (non-hydrogen) atoms. The summed E-state index contributed by atoms with van der Waals surface area (Å²) in [5, 5.41) is 5.26. The van der Waals surface area contributed by atoms with Crippen LogP contribution in [-0.2, 0) is 25.7 Å². The number of anilines is 1. The first-order valence-corrected chi connectivity index (χ1v) is 8.70. The number of carbonyl (C=O) groups excluding carboxylic acids is 3. The zero-order valence-electron chi connectivity index (χ0n) is 15.1. The molecule has 1 aliphatic rings. The number of fused-ring (bicyclic) bond motifs is 1. The largest absolute Gasteiger partial charge is 0.478 e. The molecule has 0 bridgehead atoms. The van der Waals surface area contributed by atoms with E-state index in [0.717, 1.165) is 0 Å². The van der Waals surface area contributed by atoms with Crippen molar-refractivity contribution in [3.05, 3.63) is 59.9 Å². The third-order valence-electron chi connectivity index (χ3n) is 4.12. The monoisotopic (exact) mass is 386 g/mol. The summed E-state index contributed by atoms with van der Waals surface area (Å²) in [4.78, 5) is 36.2. The summed E-state index contributed by atoms with van der Waals surface area (Å²) in [7, 11) is 0. The summed E-state index contributed by atoms with van der Waals surface area (Å²) in [6.07, 6.45) is -2.40. The van der Waals surface area contributed by atoms with E-state index in [9.17, 15) is 18.8 Å². The van der Waals surface area contributed by atoms with E-state index in [2.05, 4.69) is 10.6 Å². The molecule has 3 rings (SSSR count). The molecule has 2 aromatic rings. The first-order valence-electron chi connectivity index (χ1n) is 8.70. The van der Waals surface area contributed by atoms with Crippen LogP contribution in [0.5, 0.6) is 5.75 Å². The Labute approximate surface area is 160 Å². The normalized spacial score (nSPS) is 16.2. The van der Waals surface area contributed by atoms with Crippen LogP contribution < -0.4 is 15.4 Å². The van der Waals surface area contributed by atoms with Gasteiger partial charge in [0.1, 0.15) is 11.6 Å². The Balaban J connectivity index is 1.48. The number of esters is 1. The molecule has 0 radical (unpaired) electrons. The Hall–Kier alpha value is -3.42. The molecular weight excluding hydrogens is 367 g/mol. The molecule has 0 fully saturated rings. The van der Waals surface area contributed by atoms with Gasteiger partial charge in [0.15, 0.2) is 12.2 Å². The van der Waals surface area contributed by atoms with Gasteiger partial charge in [0.2, 0.25) is 0 Å². The quantitative estimate of drug-likeness (QED) is 0.742. The Morgan fingerprint density at radius 2 is 1.93 bits per heavy atom. The number of nitrogens with one attached hydrogen (secondary N) is 2. The zero-order valence-corrected chi connectivity index (χ0v) is 15.1. The van der Waals surface area contributed by atoms with Crippen LogP contribution in [0.4, 0.5) is 10.1 Å². The number of benzene rings is 2. The van der Waals surface area contributed by atoms with Gasteiger partial charge in [-0.25, -0.2) is 4.39 Å². The molecule has 2 aromatic carbocycles. The molecule has 2 N–H and O–H groups in total. The van der Waals surface area contributed by atoms with Gasteiger partial charge >= 0.3 is 5.97 Å². The van der Waals surface area contributed by atoms with Gasteiger partial charge in [-0.15, -0.1) is 0 Å². The lowest BCUT2D eigenvalue weighted by atomic mass is 10.1. The standard InChI is InChI=1S/C20H19FN2O5/c1-12(19(25)22-11-13-6-8-14(21)9-7-13)27-18(24)10-17-20(26)23-15-4-2-3-5-16(15)28-17/h2-9,12,17H,10-11H2,1H3,(H,22,25)(H,23,26)/t12-,17+/m0/s1. The van der Waals surface area contributed by atoms with E-state index < -0.39 is 30.0 Å². The summed E-state index contributed by atoms with van der Waals surface area (Å²) in [6.45, 7) is 1.60. The molecule has 0 saturated carbocycles. The lowest BCUT2D eigenvalue weighted by Gasteiger charge is -2.25. The Morgan fingerprint density at radius 1 is 1.21 bits per heavy atom. The van der Waals surface area contributed by atoms with E-state index in [4.69, 9.17) is 9.47 Å². The number of carbonyl (C=O) groups is 3. The lowest BCUT2D eigenvalue weighted by Crippen LogP contribution is -2.40. The van der Waals surface area contributed by atoms with E-state index in [-0.39, 0.29) is 18.8 Å². The lowest BCUT2D eigenvalue weighted by molar-refractivity contribution is -0.157. The number of ether oxygens (including phenoxy) is 2. The molecule has 0 spiro atoms. The highest BCUT2D eigenvalue weighted by Crippen LogP contribution is 2.29. The summed E-state index contributed by atoms with van der Waals surface area (Å²) < 4.78 is 23.5. The maximum Gasteiger partial charge on any atom is 0.310 e. The molecule has 7 nitrogen and oxygen atoms in total. The predicted molar refractivity (Wildman–Crippen MR) is 97.9 cm³/mol. The van der Waals surface area contributed by atoms with Crippen LogP contribution in [0, 0.1) is 5.82 Å². The molecule has 0 aromatic heterocycles. The van der Waals surface area contributed by atoms with E-state index in [1.807, 2.05) is 0 Å². The first kappa shape index (κ1) is 19.3. The molecule has 0 aliphatic carbocycles. The number of halogens is 1. The van der Waals surface area contributed by atoms with Crippen LogP contribution in [0.15, 0.2) is 48.5 Å². The minimum Gasteiger partial charge on any atom is -0.478 e. The zero-order chi connectivity index (χ0) is 20.1. The van der Waals surface area contributed by atoms with E-state index in [0.29, 0.717) is 17.0 Å². The van der Waals surface area contributed by atoms with Crippen molar-refractivity contribution in [2.24, 2.45) is 0 Å². The minimum absolute atomic E-state index is 0.173. The third kappa shape index (κ3) is 4.85. The highest BCUT2D eigenvalue weighted by molar-refractivity contribution is 5.99. The fraction of sp³-hybridized carbons (Fsp3) is 0.250. The van der Waals surface area contributed by atoms with Gasteiger partial charge in [0, 0.05) is 6.54 Å². The molecule has 0 unspecified atom stereocenters. The van der Waals surface area contributed by atoms with E-state index in [1.54, 1.807) is 36.4 Å². The van der Waals surface area contributed by atoms with Crippen molar-refractivity contribution in [2.45, 2.75) is 32.1 Å². The van der Waals surface area contributed by atoms with Crippen molar-refractivity contribution in [3.63, 3.8) is 0 Å². The van der Waals surface area contributed by atoms with Gasteiger partial charge in [-0.3, -0.25) is 14.4 Å². The van der Waals surface area contributed by atoms with Crippen LogP contribution in [0.2, 0.25) is 0 Å². The summed E-state index contributed by atoms with van der Waals surface area (Å²) in [6, 6.07) is 12.5. The molecule has 2 atom stereocenters. The Bertz CT molecular complexity index is 884. The summed E-state index contributed by atoms with van der Waals surface area (Å²) in [5.74, 6) is -1.59. The van der Waals surface area contributed by atoms with Crippen LogP contribution >= 0.6 is 0 Å². The van der Waals surface area contributed by atoms with E-state index in [1.165, 1.54) is 19.1 Å². The second kappa shape index (κ2) is 8.51. The van der Waals surface area contributed by atoms with Crippen molar-refractivity contribution in [3.8, 4) is 5.75 Å². The number of hydrogen-bond acceptors (Lipinski definition) is 5. The molecule has 8 heteroatoms. The predicted octanol–water partition coefficient (Wildman–Crippen LogP) is 2.16. The third-order valence-corrected chi connectivity index (χ3v) is 4.12. The topological polar surface area (TPSA) is 93.7 Å². The Kier molecular flexibility index (Phi) is 5.88. The molecule has 1 heterocycles. The van der Waals surface area contributed by atoms with Gasteiger partial charge in [-0.2, -0.15) is 0 Å². The van der Waals surface area contributed by atoms with Crippen LogP contribution in [-0.4, -0.2) is 30.0 Å². The van der Waals surface area contributed by atoms with Gasteiger partial charge in [0.05, 0.1) is 12.1 Å². The SMILES string of the molecule is C[C@H](OC(=O)C[C@H]1Oc2ccccc2NC1=O)C(=O)NCc1ccc(F)cc1. The maximum absolute atomic E-state index is 12.9. The van der Waals surface area contributed by atoms with Gasteiger partial charge in [-0.1, -0.05) is 24.3 Å². The van der Waals surface area contributed by atoms with Crippen molar-refractivity contribution in [2.75, 3.05) is 5.32 Å². The van der Waals surface area contributed by atoms with Gasteiger partial charge in [0.25, 0.3) is 11.8 Å². The van der Waals surface area contributed by atoms with Crippen LogP contribution in [0.3, 0.4) is 0 Å². The molecular formula is C20H19FN2O5. The number of para-hydroxylation sites is 2. The Morgan fingerprint density at radius 3 is 2.68 bits per heavy atom. The molecule has 1 aliphatic heterocycles. The molecule has 2 amide bonds. The second-order valence-corrected chi connectivity index (χ2v) is 6.27. The highest BCUT2D eigenvalue weighted by Gasteiger charge is 2.31. The van der Waals surface area contributed by atoms with Gasteiger partial charge < -0.3 is 20.1 Å². The minimum atomic E-state index is -1.05. The van der Waals surface area contributed by atoms with E-state index >= 15 is 0 Å². The van der Waals surface area contributed by atoms with Crippen molar-refractivity contribution < 1.29 is 28.2 Å². The van der Waals surface area contributed by atoms with Gasteiger partial charge in [-0.05, 0) is 36.8 Å². The second-order valence-electron chi connectivity index (χ2n) is 6.27. The average Bonchev–Trinajstić information content (AvgIpc) is 2.67. The number of amides is 2. The van der Waals surface area contributed by atoms with Crippen LogP contribution in [0.25, 0.3) is 0 Å². The highest BCUT2D eigenvalue weighted by atomic mass is 19.1. The van der Waals surface area contributed by atoms with Crippen molar-refractivity contribution in [1.29, 1.82) is 0 Å². The van der Waals surface area contributed by atoms with Crippen molar-refractivity contribution >= 4 is 23.5 Å². The molecule has 146 valence electrons. The fourth-order valence-corrected chi connectivity index (χ4v) is 2.61. The summed E-state index contributed by atoms with van der Waals surface area (Å²) in [5.41, 5.74) is 1.24. The maximum atomic E-state index is 12.9. The fourth-order valence-electron chi connectivity index (χ4n) is 2.61. The first-order chi connectivity index (χ1) is 13.4. The van der Waals surface area contributed by atoms with Crippen LogP contribution in [0.1, 0.15) is 18.9 Å². The van der Waals surface area contributed by atoms with Crippen molar-refractivity contribution in [1.82, 2.24) is 5.32 Å². The molecule has 0 saturated heterocycles. The smallest absolute Gasteiger partial charge is 0.310 e. The number of rotatable bonds is 6. The number of hydrogen-bond donors (Lipinski definition) is 2. The average molecular weight is 386 g/mol. The summed E-state index contributed by atoms with van der Waals surface area (Å²) >= 11 is 0.